The summed E-state index contributed by atoms with van der Waals surface area (Å²) in [7, 11) is 0. The van der Waals surface area contributed by atoms with Crippen molar-refractivity contribution in [1.82, 2.24) is 4.90 Å². The highest BCUT2D eigenvalue weighted by Crippen LogP contribution is 2.21. The molecule has 88 valence electrons. The Hall–Kier alpha value is -1.65. The Morgan fingerprint density at radius 2 is 2.06 bits per heavy atom. The number of amides is 2. The normalized spacial score (nSPS) is 16.8. The molecular formula is C11H16N2O3. The van der Waals surface area contributed by atoms with E-state index in [4.69, 9.17) is 4.74 Å². The zero-order valence-electron chi connectivity index (χ0n) is 10.0. The van der Waals surface area contributed by atoms with Crippen LogP contribution in [0.2, 0.25) is 0 Å². The second-order valence-electron chi connectivity index (χ2n) is 4.60. The number of carbonyl (C=O) groups is 2. The lowest BCUT2D eigenvalue weighted by Gasteiger charge is -2.23. The minimum atomic E-state index is -0.643. The van der Waals surface area contributed by atoms with Gasteiger partial charge in [0.1, 0.15) is 5.60 Å². The van der Waals surface area contributed by atoms with Crippen LogP contribution in [-0.4, -0.2) is 35.8 Å². The van der Waals surface area contributed by atoms with Crippen LogP contribution in [0.3, 0.4) is 0 Å². The number of aliphatic imine (C=N–C) groups is 1. The number of imide groups is 1. The quantitative estimate of drug-likeness (QED) is 0.637. The first-order valence-electron chi connectivity index (χ1n) is 4.97. The first-order valence-corrected chi connectivity index (χ1v) is 4.97. The summed E-state index contributed by atoms with van der Waals surface area (Å²) in [6, 6.07) is 0. The Morgan fingerprint density at radius 3 is 2.44 bits per heavy atom. The topological polar surface area (TPSA) is 59.0 Å². The molecule has 1 heterocycles. The van der Waals surface area contributed by atoms with Gasteiger partial charge in [-0.15, -0.1) is 0 Å². The average Bonchev–Trinajstić information content (AvgIpc) is 2.41. The van der Waals surface area contributed by atoms with Gasteiger partial charge >= 0.3 is 6.09 Å². The van der Waals surface area contributed by atoms with Gasteiger partial charge in [-0.2, -0.15) is 0 Å². The fraction of sp³-hybridized carbons (Fsp3) is 0.545. The summed E-state index contributed by atoms with van der Waals surface area (Å²) in [6.07, 6.45) is -0.643. The SMILES string of the molecule is C=NC1=C(C)C(=O)N(C(=O)OC(C)(C)C)C1. The van der Waals surface area contributed by atoms with E-state index in [0.717, 1.165) is 4.90 Å². The van der Waals surface area contributed by atoms with Crippen molar-refractivity contribution in [2.75, 3.05) is 6.54 Å². The molecule has 0 bridgehead atoms. The molecule has 0 radical (unpaired) electrons. The number of nitrogens with zero attached hydrogens (tertiary/aromatic N) is 2. The lowest BCUT2D eigenvalue weighted by atomic mass is 10.2. The van der Waals surface area contributed by atoms with E-state index in [1.807, 2.05) is 0 Å². The van der Waals surface area contributed by atoms with Crippen molar-refractivity contribution in [2.24, 2.45) is 4.99 Å². The molecule has 2 amide bonds. The number of ether oxygens (including phenoxy) is 1. The summed E-state index contributed by atoms with van der Waals surface area (Å²) in [4.78, 5) is 28.1. The number of hydrogen-bond donors (Lipinski definition) is 0. The van der Waals surface area contributed by atoms with Crippen molar-refractivity contribution in [1.29, 1.82) is 0 Å². The molecule has 1 aliphatic rings. The molecule has 0 unspecified atom stereocenters. The lowest BCUT2D eigenvalue weighted by molar-refractivity contribution is -0.124. The third-order valence-corrected chi connectivity index (χ3v) is 2.11. The van der Waals surface area contributed by atoms with Gasteiger partial charge < -0.3 is 4.74 Å². The van der Waals surface area contributed by atoms with Crippen LogP contribution in [0.1, 0.15) is 27.7 Å². The molecule has 0 spiro atoms. The Balaban J connectivity index is 2.77. The van der Waals surface area contributed by atoms with Crippen LogP contribution in [0.4, 0.5) is 4.79 Å². The zero-order valence-corrected chi connectivity index (χ0v) is 10.0. The Bertz CT molecular complexity index is 377. The summed E-state index contributed by atoms with van der Waals surface area (Å²) in [6.45, 7) is 10.4. The van der Waals surface area contributed by atoms with E-state index in [0.29, 0.717) is 11.3 Å². The maximum absolute atomic E-state index is 11.7. The van der Waals surface area contributed by atoms with Crippen molar-refractivity contribution in [3.63, 3.8) is 0 Å². The van der Waals surface area contributed by atoms with Crippen LogP contribution in [0, 0.1) is 0 Å². The molecule has 0 N–H and O–H groups in total. The van der Waals surface area contributed by atoms with E-state index in [1.54, 1.807) is 27.7 Å². The van der Waals surface area contributed by atoms with E-state index in [1.165, 1.54) is 0 Å². The van der Waals surface area contributed by atoms with Gasteiger partial charge in [0, 0.05) is 5.57 Å². The van der Waals surface area contributed by atoms with Crippen LogP contribution >= 0.6 is 0 Å². The summed E-state index contributed by atoms with van der Waals surface area (Å²) in [5.74, 6) is -0.364. The van der Waals surface area contributed by atoms with Crippen LogP contribution in [0.5, 0.6) is 0 Å². The Morgan fingerprint density at radius 1 is 1.50 bits per heavy atom. The number of rotatable bonds is 1. The predicted octanol–water partition coefficient (Wildman–Crippen LogP) is 1.74. The molecule has 5 heteroatoms. The van der Waals surface area contributed by atoms with Gasteiger partial charge in [0.15, 0.2) is 0 Å². The molecule has 1 rings (SSSR count). The third-order valence-electron chi connectivity index (χ3n) is 2.11. The molecule has 0 saturated heterocycles. The summed E-state index contributed by atoms with van der Waals surface area (Å²) >= 11 is 0. The van der Waals surface area contributed by atoms with E-state index < -0.39 is 11.7 Å². The summed E-state index contributed by atoms with van der Waals surface area (Å²) in [5.41, 5.74) is 0.354. The second kappa shape index (κ2) is 4.08. The molecule has 0 aromatic rings. The van der Waals surface area contributed by atoms with Crippen molar-refractivity contribution in [2.45, 2.75) is 33.3 Å². The second-order valence-corrected chi connectivity index (χ2v) is 4.60. The van der Waals surface area contributed by atoms with E-state index in [9.17, 15) is 9.59 Å². The van der Waals surface area contributed by atoms with Crippen molar-refractivity contribution >= 4 is 18.7 Å². The highest BCUT2D eigenvalue weighted by Gasteiger charge is 2.34. The molecule has 1 aliphatic heterocycles. The van der Waals surface area contributed by atoms with Crippen LogP contribution < -0.4 is 0 Å². The Labute approximate surface area is 94.8 Å². The highest BCUT2D eigenvalue weighted by molar-refractivity contribution is 6.05. The minimum Gasteiger partial charge on any atom is -0.443 e. The highest BCUT2D eigenvalue weighted by atomic mass is 16.6. The molecule has 0 fully saturated rings. The van der Waals surface area contributed by atoms with Crippen LogP contribution in [0.15, 0.2) is 16.3 Å². The van der Waals surface area contributed by atoms with Crippen molar-refractivity contribution in [3.8, 4) is 0 Å². The average molecular weight is 224 g/mol. The van der Waals surface area contributed by atoms with Crippen molar-refractivity contribution in [3.05, 3.63) is 11.3 Å². The number of carbonyl (C=O) groups excluding carboxylic acids is 2. The largest absolute Gasteiger partial charge is 0.443 e. The van der Waals surface area contributed by atoms with Gasteiger partial charge in [0.05, 0.1) is 12.2 Å². The monoisotopic (exact) mass is 224 g/mol. The van der Waals surface area contributed by atoms with E-state index in [2.05, 4.69) is 11.7 Å². The van der Waals surface area contributed by atoms with E-state index >= 15 is 0 Å². The van der Waals surface area contributed by atoms with Gasteiger partial charge in [-0.3, -0.25) is 9.79 Å². The minimum absolute atomic E-state index is 0.142. The molecule has 0 saturated carbocycles. The van der Waals surface area contributed by atoms with Crippen LogP contribution in [0.25, 0.3) is 0 Å². The van der Waals surface area contributed by atoms with Gasteiger partial charge in [-0.1, -0.05) is 0 Å². The molecule has 5 nitrogen and oxygen atoms in total. The summed E-state index contributed by atoms with van der Waals surface area (Å²) in [5, 5.41) is 0. The molecule has 0 aromatic carbocycles. The zero-order chi connectivity index (χ0) is 12.5. The summed E-state index contributed by atoms with van der Waals surface area (Å²) < 4.78 is 5.11. The van der Waals surface area contributed by atoms with E-state index in [-0.39, 0.29) is 12.5 Å². The fourth-order valence-electron chi connectivity index (χ4n) is 1.30. The standard InChI is InChI=1S/C11H16N2O3/c1-7-8(12-5)6-13(9(7)14)10(15)16-11(2,3)4/h5-6H2,1-4H3. The van der Waals surface area contributed by atoms with Gasteiger partial charge in [-0.25, -0.2) is 9.69 Å². The smallest absolute Gasteiger partial charge is 0.417 e. The molecule has 0 atom stereocenters. The van der Waals surface area contributed by atoms with Gasteiger partial charge in [0.2, 0.25) is 0 Å². The predicted molar refractivity (Wildman–Crippen MR) is 60.2 cm³/mol. The van der Waals surface area contributed by atoms with Gasteiger partial charge in [0.25, 0.3) is 5.91 Å². The van der Waals surface area contributed by atoms with Crippen LogP contribution in [-0.2, 0) is 9.53 Å². The molecule has 0 aliphatic carbocycles. The van der Waals surface area contributed by atoms with Gasteiger partial charge in [-0.05, 0) is 34.4 Å². The first kappa shape index (κ1) is 12.4. The molecule has 16 heavy (non-hydrogen) atoms. The first-order chi connectivity index (χ1) is 7.26. The Kier molecular flexibility index (Phi) is 3.16. The fourth-order valence-corrected chi connectivity index (χ4v) is 1.30. The lowest BCUT2D eigenvalue weighted by Crippen LogP contribution is -2.38. The molecule has 0 aromatic heterocycles. The molecular weight excluding hydrogens is 208 g/mol. The number of hydrogen-bond acceptors (Lipinski definition) is 4. The van der Waals surface area contributed by atoms with Crippen molar-refractivity contribution < 1.29 is 14.3 Å². The maximum atomic E-state index is 11.7. The third kappa shape index (κ3) is 2.48. The maximum Gasteiger partial charge on any atom is 0.417 e.